The van der Waals surface area contributed by atoms with Crippen molar-refractivity contribution in [3.63, 3.8) is 0 Å². The normalized spacial score (nSPS) is 13.7. The highest BCUT2D eigenvalue weighted by molar-refractivity contribution is 6.08. The zero-order valence-corrected chi connectivity index (χ0v) is 15.2. The van der Waals surface area contributed by atoms with Crippen LogP contribution in [0, 0.1) is 10.1 Å². The van der Waals surface area contributed by atoms with E-state index in [4.69, 9.17) is 9.47 Å². The van der Waals surface area contributed by atoms with Gasteiger partial charge in [-0.3, -0.25) is 14.9 Å². The monoisotopic (exact) mass is 385 g/mol. The summed E-state index contributed by atoms with van der Waals surface area (Å²) in [6.45, 7) is 2.37. The molecule has 9 heteroatoms. The molecule has 0 atom stereocenters. The molecule has 1 heterocycles. The van der Waals surface area contributed by atoms with Crippen LogP contribution in [0.1, 0.15) is 20.7 Å². The summed E-state index contributed by atoms with van der Waals surface area (Å²) in [6, 6.07) is 10.5. The van der Waals surface area contributed by atoms with Gasteiger partial charge >= 0.3 is 5.97 Å². The van der Waals surface area contributed by atoms with E-state index in [-0.39, 0.29) is 11.3 Å². The van der Waals surface area contributed by atoms with Crippen LogP contribution in [0.25, 0.3) is 0 Å². The molecule has 1 amide bonds. The number of para-hydroxylation sites is 1. The number of hydrogen-bond donors (Lipinski definition) is 1. The lowest BCUT2D eigenvalue weighted by atomic mass is 10.1. The molecule has 0 saturated carbocycles. The molecule has 9 nitrogen and oxygen atoms in total. The molecule has 1 aliphatic heterocycles. The van der Waals surface area contributed by atoms with Crippen LogP contribution < -0.4 is 10.2 Å². The minimum absolute atomic E-state index is 0.0654. The Labute approximate surface area is 161 Å². The molecule has 1 fully saturated rings. The fraction of sp³-hybridized carbons (Fsp3) is 0.263. The third-order valence-corrected chi connectivity index (χ3v) is 4.36. The first-order chi connectivity index (χ1) is 13.5. The average molecular weight is 385 g/mol. The lowest BCUT2D eigenvalue weighted by molar-refractivity contribution is -0.385. The van der Waals surface area contributed by atoms with E-state index in [0.29, 0.717) is 43.2 Å². The van der Waals surface area contributed by atoms with E-state index in [1.807, 2.05) is 4.90 Å². The largest absolute Gasteiger partial charge is 0.465 e. The first kappa shape index (κ1) is 19.3. The number of nitro groups is 1. The van der Waals surface area contributed by atoms with Gasteiger partial charge in [0.05, 0.1) is 36.5 Å². The molecule has 1 aliphatic rings. The summed E-state index contributed by atoms with van der Waals surface area (Å²) in [5, 5.41) is 13.7. The van der Waals surface area contributed by atoms with Crippen molar-refractivity contribution in [2.45, 2.75) is 0 Å². The molecule has 0 aliphatic carbocycles. The van der Waals surface area contributed by atoms with Crippen molar-refractivity contribution in [3.8, 4) is 0 Å². The van der Waals surface area contributed by atoms with E-state index in [1.54, 1.807) is 18.2 Å². The number of nitro benzene ring substituents is 1. The van der Waals surface area contributed by atoms with Crippen molar-refractivity contribution in [2.75, 3.05) is 43.6 Å². The molecule has 146 valence electrons. The summed E-state index contributed by atoms with van der Waals surface area (Å²) in [4.78, 5) is 37.3. The molecule has 1 N–H and O–H groups in total. The molecule has 3 rings (SSSR count). The van der Waals surface area contributed by atoms with Crippen molar-refractivity contribution in [1.82, 2.24) is 0 Å². The highest BCUT2D eigenvalue weighted by Crippen LogP contribution is 2.27. The van der Waals surface area contributed by atoms with Gasteiger partial charge in [0.15, 0.2) is 0 Å². The van der Waals surface area contributed by atoms with Crippen molar-refractivity contribution in [2.24, 2.45) is 0 Å². The van der Waals surface area contributed by atoms with Gasteiger partial charge in [-0.2, -0.15) is 0 Å². The number of rotatable bonds is 5. The number of anilines is 2. The van der Waals surface area contributed by atoms with Crippen LogP contribution in [-0.2, 0) is 9.47 Å². The van der Waals surface area contributed by atoms with Crippen LogP contribution in [0.4, 0.5) is 17.1 Å². The van der Waals surface area contributed by atoms with Gasteiger partial charge in [0, 0.05) is 24.8 Å². The minimum atomic E-state index is -0.637. The third-order valence-electron chi connectivity index (χ3n) is 4.36. The van der Waals surface area contributed by atoms with Crippen LogP contribution >= 0.6 is 0 Å². The zero-order chi connectivity index (χ0) is 20.1. The molecule has 0 aromatic heterocycles. The molecule has 0 unspecified atom stereocenters. The second-order valence-electron chi connectivity index (χ2n) is 6.05. The minimum Gasteiger partial charge on any atom is -0.465 e. The van der Waals surface area contributed by atoms with E-state index in [9.17, 15) is 19.7 Å². The number of morpholine rings is 1. The second kappa shape index (κ2) is 8.49. The molecular weight excluding hydrogens is 366 g/mol. The van der Waals surface area contributed by atoms with Crippen LogP contribution in [0.2, 0.25) is 0 Å². The number of carbonyl (C=O) groups is 2. The first-order valence-corrected chi connectivity index (χ1v) is 8.61. The molecule has 0 radical (unpaired) electrons. The average Bonchev–Trinajstić information content (AvgIpc) is 2.73. The Morgan fingerprint density at radius 3 is 2.54 bits per heavy atom. The molecule has 28 heavy (non-hydrogen) atoms. The second-order valence-corrected chi connectivity index (χ2v) is 6.05. The maximum atomic E-state index is 12.5. The predicted octanol–water partition coefficient (Wildman–Crippen LogP) is 2.47. The summed E-state index contributed by atoms with van der Waals surface area (Å²) in [7, 11) is 1.28. The van der Waals surface area contributed by atoms with Gasteiger partial charge in [-0.25, -0.2) is 4.79 Å². The van der Waals surface area contributed by atoms with Gasteiger partial charge in [0.25, 0.3) is 11.6 Å². The Morgan fingerprint density at radius 1 is 1.14 bits per heavy atom. The maximum Gasteiger partial charge on any atom is 0.340 e. The SMILES string of the molecule is COC(=O)c1cc(NC(=O)c2ccccc2[N+](=O)[O-])ccc1N1CCOCC1. The first-order valence-electron chi connectivity index (χ1n) is 8.61. The number of carbonyl (C=O) groups excluding carboxylic acids is 2. The molecular formula is C19H19N3O6. The van der Waals surface area contributed by atoms with Crippen LogP contribution in [0.3, 0.4) is 0 Å². The van der Waals surface area contributed by atoms with E-state index < -0.39 is 16.8 Å². The quantitative estimate of drug-likeness (QED) is 0.478. The predicted molar refractivity (Wildman–Crippen MR) is 102 cm³/mol. The van der Waals surface area contributed by atoms with Crippen molar-refractivity contribution >= 4 is 28.9 Å². The molecule has 1 saturated heterocycles. The van der Waals surface area contributed by atoms with Gasteiger partial charge in [0.1, 0.15) is 5.56 Å². The van der Waals surface area contributed by atoms with Gasteiger partial charge < -0.3 is 19.7 Å². The Bertz CT molecular complexity index is 908. The topological polar surface area (TPSA) is 111 Å². The van der Waals surface area contributed by atoms with Gasteiger partial charge in [-0.05, 0) is 24.3 Å². The van der Waals surface area contributed by atoms with Gasteiger partial charge in [0.2, 0.25) is 0 Å². The smallest absolute Gasteiger partial charge is 0.340 e. The van der Waals surface area contributed by atoms with Gasteiger partial charge in [-0.1, -0.05) is 12.1 Å². The van der Waals surface area contributed by atoms with E-state index in [2.05, 4.69) is 5.32 Å². The summed E-state index contributed by atoms with van der Waals surface area (Å²) in [5.41, 5.74) is 0.951. The molecule has 0 spiro atoms. The summed E-state index contributed by atoms with van der Waals surface area (Å²) >= 11 is 0. The number of methoxy groups -OCH3 is 1. The lowest BCUT2D eigenvalue weighted by Crippen LogP contribution is -2.37. The Kier molecular flexibility index (Phi) is 5.85. The van der Waals surface area contributed by atoms with E-state index in [0.717, 1.165) is 0 Å². The van der Waals surface area contributed by atoms with Crippen molar-refractivity contribution in [1.29, 1.82) is 0 Å². The number of ether oxygens (including phenoxy) is 2. The highest BCUT2D eigenvalue weighted by Gasteiger charge is 2.22. The number of nitrogens with zero attached hydrogens (tertiary/aromatic N) is 2. The molecule has 2 aromatic carbocycles. The lowest BCUT2D eigenvalue weighted by Gasteiger charge is -2.30. The summed E-state index contributed by atoms with van der Waals surface area (Å²) in [5.74, 6) is -1.18. The van der Waals surface area contributed by atoms with Crippen LogP contribution in [0.5, 0.6) is 0 Å². The Hall–Kier alpha value is -3.46. The zero-order valence-electron chi connectivity index (χ0n) is 15.2. The third kappa shape index (κ3) is 4.09. The Morgan fingerprint density at radius 2 is 1.86 bits per heavy atom. The number of amides is 1. The highest BCUT2D eigenvalue weighted by atomic mass is 16.6. The Balaban J connectivity index is 1.89. The van der Waals surface area contributed by atoms with Crippen molar-refractivity contribution < 1.29 is 24.0 Å². The molecule has 0 bridgehead atoms. The fourth-order valence-corrected chi connectivity index (χ4v) is 2.99. The number of benzene rings is 2. The maximum absolute atomic E-state index is 12.5. The summed E-state index contributed by atoms with van der Waals surface area (Å²) in [6.07, 6.45) is 0. The van der Waals surface area contributed by atoms with E-state index in [1.165, 1.54) is 31.4 Å². The fourth-order valence-electron chi connectivity index (χ4n) is 2.99. The molecule has 2 aromatic rings. The van der Waals surface area contributed by atoms with Gasteiger partial charge in [-0.15, -0.1) is 0 Å². The summed E-state index contributed by atoms with van der Waals surface area (Å²) < 4.78 is 10.2. The van der Waals surface area contributed by atoms with Crippen LogP contribution in [0.15, 0.2) is 42.5 Å². The van der Waals surface area contributed by atoms with E-state index >= 15 is 0 Å². The van der Waals surface area contributed by atoms with Crippen LogP contribution in [-0.4, -0.2) is 50.2 Å². The number of hydrogen-bond acceptors (Lipinski definition) is 7. The van der Waals surface area contributed by atoms with Crippen molar-refractivity contribution in [3.05, 3.63) is 63.7 Å². The number of esters is 1. The standard InChI is InChI=1S/C19H19N3O6/c1-27-19(24)15-12-13(6-7-16(15)21-8-10-28-11-9-21)20-18(23)14-4-2-3-5-17(14)22(25)26/h2-7,12H,8-11H2,1H3,(H,20,23). The number of nitrogens with one attached hydrogen (secondary N) is 1.